The van der Waals surface area contributed by atoms with Crippen molar-refractivity contribution in [3.63, 3.8) is 0 Å². The van der Waals surface area contributed by atoms with E-state index in [0.29, 0.717) is 0 Å². The largest absolute Gasteiger partial charge is 0.341 e. The maximum Gasteiger partial charge on any atom is 0.271 e. The Balaban J connectivity index is 1.64. The van der Waals surface area contributed by atoms with Gasteiger partial charge in [-0.3, -0.25) is 9.89 Å². The van der Waals surface area contributed by atoms with E-state index in [1.54, 1.807) is 10.7 Å². The topological polar surface area (TPSA) is 66.8 Å². The zero-order valence-electron chi connectivity index (χ0n) is 16.1. The van der Waals surface area contributed by atoms with Crippen molar-refractivity contribution in [2.75, 3.05) is 18.0 Å². The van der Waals surface area contributed by atoms with Crippen molar-refractivity contribution in [3.8, 4) is 16.9 Å². The zero-order chi connectivity index (χ0) is 19.0. The number of hydrogen-bond acceptors (Lipinski definition) is 4. The molecule has 1 N–H and O–H groups in total. The van der Waals surface area contributed by atoms with Gasteiger partial charge in [-0.25, -0.2) is 14.6 Å². The molecular weight excluding hydrogens is 338 g/mol. The van der Waals surface area contributed by atoms with Crippen molar-refractivity contribution in [2.24, 2.45) is 5.92 Å². The first kappa shape index (κ1) is 17.5. The molecule has 27 heavy (non-hydrogen) atoms. The number of anilines is 1. The van der Waals surface area contributed by atoms with Gasteiger partial charge in [0.1, 0.15) is 0 Å². The van der Waals surface area contributed by atoms with Crippen molar-refractivity contribution >= 4 is 5.95 Å². The molecule has 6 nitrogen and oxygen atoms in total. The molecule has 0 saturated carbocycles. The maximum absolute atomic E-state index is 12.5. The highest BCUT2D eigenvalue weighted by atomic mass is 16.1. The quantitative estimate of drug-likeness (QED) is 0.774. The number of piperidine rings is 1. The van der Waals surface area contributed by atoms with Crippen molar-refractivity contribution < 1.29 is 0 Å². The molecule has 1 aliphatic heterocycles. The lowest BCUT2D eigenvalue weighted by molar-refractivity contribution is 0.434. The van der Waals surface area contributed by atoms with Gasteiger partial charge in [-0.1, -0.05) is 19.1 Å². The highest BCUT2D eigenvalue weighted by Crippen LogP contribution is 2.24. The molecule has 1 aromatic carbocycles. The smallest absolute Gasteiger partial charge is 0.271 e. The number of aromatic nitrogens is 4. The second-order valence-electron chi connectivity index (χ2n) is 7.52. The molecule has 1 fully saturated rings. The van der Waals surface area contributed by atoms with Crippen LogP contribution in [0.2, 0.25) is 0 Å². The average molecular weight is 363 g/mol. The molecule has 0 atom stereocenters. The monoisotopic (exact) mass is 363 g/mol. The van der Waals surface area contributed by atoms with Gasteiger partial charge in [0.05, 0.1) is 17.1 Å². The Morgan fingerprint density at radius 1 is 1.15 bits per heavy atom. The lowest BCUT2D eigenvalue weighted by Gasteiger charge is -2.30. The van der Waals surface area contributed by atoms with E-state index in [0.717, 1.165) is 53.2 Å². The molecule has 2 aromatic heterocycles. The van der Waals surface area contributed by atoms with Gasteiger partial charge in [0, 0.05) is 30.9 Å². The van der Waals surface area contributed by atoms with Crippen LogP contribution in [0.5, 0.6) is 0 Å². The Morgan fingerprint density at radius 3 is 2.63 bits per heavy atom. The Hall–Kier alpha value is -2.89. The number of H-pyrrole nitrogens is 1. The molecule has 6 heteroatoms. The van der Waals surface area contributed by atoms with Gasteiger partial charge >= 0.3 is 0 Å². The molecule has 0 radical (unpaired) electrons. The molecule has 0 aliphatic carbocycles. The average Bonchev–Trinajstić information content (AvgIpc) is 3.03. The Morgan fingerprint density at radius 2 is 1.93 bits per heavy atom. The first-order valence-electron chi connectivity index (χ1n) is 9.49. The van der Waals surface area contributed by atoms with E-state index in [-0.39, 0.29) is 5.56 Å². The summed E-state index contributed by atoms with van der Waals surface area (Å²) in [5.41, 5.74) is 4.30. The second kappa shape index (κ2) is 7.02. The molecule has 1 saturated heterocycles. The van der Waals surface area contributed by atoms with Crippen LogP contribution in [0.3, 0.4) is 0 Å². The van der Waals surface area contributed by atoms with Gasteiger partial charge < -0.3 is 4.90 Å². The van der Waals surface area contributed by atoms with Crippen LogP contribution >= 0.6 is 0 Å². The van der Waals surface area contributed by atoms with E-state index < -0.39 is 0 Å². The van der Waals surface area contributed by atoms with Gasteiger partial charge in [-0.05, 0) is 50.3 Å². The van der Waals surface area contributed by atoms with Crippen molar-refractivity contribution in [1.29, 1.82) is 0 Å². The van der Waals surface area contributed by atoms with Crippen molar-refractivity contribution in [1.82, 2.24) is 19.7 Å². The minimum Gasteiger partial charge on any atom is -0.341 e. The van der Waals surface area contributed by atoms with Gasteiger partial charge in [0.15, 0.2) is 0 Å². The molecule has 0 bridgehead atoms. The first-order chi connectivity index (χ1) is 13.0. The molecule has 0 unspecified atom stereocenters. The van der Waals surface area contributed by atoms with E-state index in [1.165, 1.54) is 12.8 Å². The molecule has 0 spiro atoms. The van der Waals surface area contributed by atoms with Crippen LogP contribution in [0, 0.1) is 19.8 Å². The summed E-state index contributed by atoms with van der Waals surface area (Å²) in [6.45, 7) is 8.27. The standard InChI is InChI=1S/C21H25N5O/c1-14-7-9-25(10-8-14)21-22-13-18(16(3)23-21)19-12-20(27)26(24-19)17-6-4-5-15(2)11-17/h4-6,11-14,24H,7-10H2,1-3H3. The summed E-state index contributed by atoms with van der Waals surface area (Å²) in [5, 5.41) is 3.20. The molecule has 140 valence electrons. The first-order valence-corrected chi connectivity index (χ1v) is 9.49. The summed E-state index contributed by atoms with van der Waals surface area (Å²) in [6, 6.07) is 9.46. The van der Waals surface area contributed by atoms with E-state index in [1.807, 2.05) is 44.3 Å². The van der Waals surface area contributed by atoms with Crippen LogP contribution in [0.25, 0.3) is 16.9 Å². The fourth-order valence-electron chi connectivity index (χ4n) is 3.57. The van der Waals surface area contributed by atoms with E-state index in [2.05, 4.69) is 21.9 Å². The minimum atomic E-state index is -0.0934. The van der Waals surface area contributed by atoms with E-state index >= 15 is 0 Å². The minimum absolute atomic E-state index is 0.0934. The number of aromatic amines is 1. The van der Waals surface area contributed by atoms with Crippen LogP contribution in [0.1, 0.15) is 31.0 Å². The summed E-state index contributed by atoms with van der Waals surface area (Å²) in [6.07, 6.45) is 4.18. The molecule has 3 aromatic rings. The van der Waals surface area contributed by atoms with E-state index in [9.17, 15) is 4.79 Å². The molecule has 0 amide bonds. The fourth-order valence-corrected chi connectivity index (χ4v) is 3.57. The third kappa shape index (κ3) is 3.52. The second-order valence-corrected chi connectivity index (χ2v) is 7.52. The predicted molar refractivity (Wildman–Crippen MR) is 108 cm³/mol. The number of nitrogens with one attached hydrogen (secondary N) is 1. The van der Waals surface area contributed by atoms with Crippen LogP contribution in [0.4, 0.5) is 5.95 Å². The van der Waals surface area contributed by atoms with Gasteiger partial charge in [-0.2, -0.15) is 0 Å². The SMILES string of the molecule is Cc1cccc(-n2[nH]c(-c3cnc(N4CCC(C)CC4)nc3C)cc2=O)c1. The fraction of sp³-hybridized carbons (Fsp3) is 0.381. The Bertz CT molecular complexity index is 1010. The number of hydrogen-bond donors (Lipinski definition) is 1. The summed E-state index contributed by atoms with van der Waals surface area (Å²) in [7, 11) is 0. The van der Waals surface area contributed by atoms with Crippen molar-refractivity contribution in [3.05, 3.63) is 58.1 Å². The Labute approximate surface area is 158 Å². The van der Waals surface area contributed by atoms with E-state index in [4.69, 9.17) is 4.98 Å². The highest BCUT2D eigenvalue weighted by Gasteiger charge is 2.19. The van der Waals surface area contributed by atoms with Crippen molar-refractivity contribution in [2.45, 2.75) is 33.6 Å². The van der Waals surface area contributed by atoms with Crippen LogP contribution in [0.15, 0.2) is 41.3 Å². The lowest BCUT2D eigenvalue weighted by Crippen LogP contribution is -2.34. The van der Waals surface area contributed by atoms with Crippen LogP contribution in [-0.2, 0) is 0 Å². The maximum atomic E-state index is 12.5. The predicted octanol–water partition coefficient (Wildman–Crippen LogP) is 3.48. The van der Waals surface area contributed by atoms with Gasteiger partial charge in [-0.15, -0.1) is 0 Å². The summed E-state index contributed by atoms with van der Waals surface area (Å²) in [5.74, 6) is 1.55. The number of benzene rings is 1. The highest BCUT2D eigenvalue weighted by molar-refractivity contribution is 5.61. The zero-order valence-corrected chi connectivity index (χ0v) is 16.1. The van der Waals surface area contributed by atoms with Crippen LogP contribution < -0.4 is 10.5 Å². The summed E-state index contributed by atoms with van der Waals surface area (Å²) < 4.78 is 1.56. The van der Waals surface area contributed by atoms with Gasteiger partial charge in [0.2, 0.25) is 5.95 Å². The lowest BCUT2D eigenvalue weighted by atomic mass is 10.00. The normalized spacial score (nSPS) is 15.3. The van der Waals surface area contributed by atoms with Crippen LogP contribution in [-0.4, -0.2) is 32.8 Å². The molecule has 4 rings (SSSR count). The number of aryl methyl sites for hydroxylation is 2. The summed E-state index contributed by atoms with van der Waals surface area (Å²) in [4.78, 5) is 24.0. The number of nitrogens with zero attached hydrogens (tertiary/aromatic N) is 4. The molecular formula is C21H25N5O. The summed E-state index contributed by atoms with van der Waals surface area (Å²) >= 11 is 0. The van der Waals surface area contributed by atoms with Gasteiger partial charge in [0.25, 0.3) is 5.56 Å². The molecule has 1 aliphatic rings. The Kier molecular flexibility index (Phi) is 4.56. The number of rotatable bonds is 3. The third-order valence-electron chi connectivity index (χ3n) is 5.30. The molecule has 3 heterocycles. The third-order valence-corrected chi connectivity index (χ3v) is 5.30.